The molecule has 0 fully saturated rings. The van der Waals surface area contributed by atoms with E-state index < -0.39 is 23.9 Å². The summed E-state index contributed by atoms with van der Waals surface area (Å²) in [5, 5.41) is 6.09. The molecule has 2 aliphatic rings. The Kier molecular flexibility index (Phi) is 28.4. The molecule has 18 nitrogen and oxygen atoms in total. The smallest absolute Gasteiger partial charge is 0.323 e. The number of hydrogen-bond acceptors (Lipinski definition) is 8. The van der Waals surface area contributed by atoms with Crippen LogP contribution in [0.1, 0.15) is 161 Å². The number of nitrogens with two attached hydrogens (primary N) is 2. The number of anilines is 2. The number of nitrogens with one attached hydrogen (secondary N) is 2. The summed E-state index contributed by atoms with van der Waals surface area (Å²) >= 11 is 0. The van der Waals surface area contributed by atoms with E-state index in [2.05, 4.69) is 108 Å². The van der Waals surface area contributed by atoms with Gasteiger partial charge >= 0.3 is 23.8 Å². The van der Waals surface area contributed by atoms with Crippen LogP contribution in [0.25, 0.3) is 0 Å². The Balaban J connectivity index is 0.000000364. The summed E-state index contributed by atoms with van der Waals surface area (Å²) in [5.74, 6) is 3.83. The average molecular weight is 1830 g/mol. The molecule has 18 aromatic rings. The molecule has 2 aliphatic heterocycles. The van der Waals surface area contributed by atoms with Crippen LogP contribution in [-0.2, 0) is 80.4 Å². The predicted molar refractivity (Wildman–Crippen MR) is 501 cm³/mol. The van der Waals surface area contributed by atoms with Crippen molar-refractivity contribution in [3.05, 3.63) is 582 Å². The third-order valence-electron chi connectivity index (χ3n) is 22.5. The van der Waals surface area contributed by atoms with Crippen LogP contribution in [0.4, 0.5) is 11.4 Å². The van der Waals surface area contributed by atoms with Crippen LogP contribution in [0.5, 0.6) is 0 Å². The number of fused-ring (bicyclic) bond motifs is 16. The van der Waals surface area contributed by atoms with Gasteiger partial charge in [-0.2, -0.15) is 0 Å². The van der Waals surface area contributed by atoms with Crippen molar-refractivity contribution in [1.29, 1.82) is 0 Å². The second-order valence-electron chi connectivity index (χ2n) is 31.0. The van der Waals surface area contributed by atoms with Crippen molar-refractivity contribution in [2.45, 2.75) is 38.8 Å². The Morgan fingerprint density at radius 3 is 0.598 bits per heavy atom. The van der Waals surface area contributed by atoms with Crippen LogP contribution in [0, 0.1) is 47.3 Å². The van der Waals surface area contributed by atoms with Crippen LogP contribution < -0.4 is 62.0 Å². The van der Waals surface area contributed by atoms with E-state index in [0.29, 0.717) is 106 Å². The quantitative estimate of drug-likeness (QED) is 0.0269. The van der Waals surface area contributed by atoms with Crippen molar-refractivity contribution >= 4 is 35.1 Å². The zero-order chi connectivity index (χ0) is 88.8. The van der Waals surface area contributed by atoms with Gasteiger partial charge in [-0.25, -0.2) is 0 Å². The average Bonchev–Trinajstić information content (AvgIpc) is 1.62. The fourth-order valence-electron chi connectivity index (χ4n) is 16.5. The number of hydrogen-bond donors (Lipinski definition) is 4. The summed E-state index contributed by atoms with van der Waals surface area (Å²) in [4.78, 5) is 96.0. The first-order valence-electron chi connectivity index (χ1n) is 43.0. The number of amides is 2. The van der Waals surface area contributed by atoms with Crippen molar-refractivity contribution < 1.29 is 67.6 Å². The molecular formula is C112H86N12O6Zn2. The summed E-state index contributed by atoms with van der Waals surface area (Å²) in [6.07, 6.45) is 1.05. The topological polar surface area (TPSA) is 276 Å². The van der Waals surface area contributed by atoms with Crippen molar-refractivity contribution in [2.75, 3.05) is 23.8 Å². The SMILES string of the molecule is CCOC(=O)[C@@H](N)Cc1ccccc1.CCOC(=O)[C@H](N)Cc1ccccc1.O=C(Nc1ccccc1[C+]1c2ccc([n-]2)[C+](c2ccccc2)c2ccc([n-]2)[C+](c2ccccc2)c2ccc([n-]2)[C+](c2ccccc2)c2ccc1[n-]2)C(=O)Nc1ccccc1[C+]1c2ccc([n-]2)[C+](c2ccccc2)c2ccc([n-]2)[C+](c2ccccc2)c2ccc([n-]2)[C+](c2ccccc2)c2ccc1[n-]2.[Zn].[Zn]. The molecule has 20 heteroatoms. The predicted octanol–water partition coefficient (Wildman–Crippen LogP) is 16.9. The first kappa shape index (κ1) is 89.8. The van der Waals surface area contributed by atoms with Crippen molar-refractivity contribution in [2.24, 2.45) is 11.5 Å². The van der Waals surface area contributed by atoms with Gasteiger partial charge < -0.3 is 60.8 Å². The molecular weight excluding hydrogens is 1740 g/mol. The second-order valence-corrected chi connectivity index (χ2v) is 31.0. The number of benzene rings is 10. The van der Waals surface area contributed by atoms with Crippen molar-refractivity contribution in [3.63, 3.8) is 0 Å². The van der Waals surface area contributed by atoms with Gasteiger partial charge in [0.15, 0.2) is 0 Å². The van der Waals surface area contributed by atoms with Crippen LogP contribution in [-0.4, -0.2) is 49.1 Å². The molecule has 0 radical (unpaired) electrons. The van der Waals surface area contributed by atoms with Crippen molar-refractivity contribution in [1.82, 2.24) is 39.9 Å². The number of aromatic nitrogens is 8. The van der Waals surface area contributed by atoms with E-state index in [1.54, 1.807) is 26.0 Å². The Morgan fingerprint density at radius 2 is 0.409 bits per heavy atom. The van der Waals surface area contributed by atoms with Crippen LogP contribution >= 0.6 is 0 Å². The largest absolute Gasteiger partial charge is 0.628 e. The van der Waals surface area contributed by atoms with Crippen LogP contribution in [0.15, 0.2) is 388 Å². The van der Waals surface area contributed by atoms with E-state index in [1.165, 1.54) is 0 Å². The molecule has 0 spiro atoms. The normalized spacial score (nSPS) is 12.5. The molecule has 16 bridgehead atoms. The Bertz CT molecular complexity index is 6150. The fourth-order valence-corrected chi connectivity index (χ4v) is 16.5. The number of carbonyl (C=O) groups is 4. The van der Waals surface area contributed by atoms with Gasteiger partial charge in [-0.15, -0.1) is 0 Å². The van der Waals surface area contributed by atoms with Gasteiger partial charge in [0.05, 0.1) is 46.6 Å². The molecule has 132 heavy (non-hydrogen) atoms. The van der Waals surface area contributed by atoms with Gasteiger partial charge in [-0.1, -0.05) is 60.7 Å². The Labute approximate surface area is 793 Å². The Morgan fingerprint density at radius 1 is 0.242 bits per heavy atom. The summed E-state index contributed by atoms with van der Waals surface area (Å²) in [7, 11) is 0. The minimum atomic E-state index is -0.911. The van der Waals surface area contributed by atoms with E-state index in [4.69, 9.17) is 60.8 Å². The zero-order valence-electron chi connectivity index (χ0n) is 72.5. The minimum Gasteiger partial charge on any atom is -0.628 e. The van der Waals surface area contributed by atoms with Gasteiger partial charge in [-0.05, 0) is 275 Å². The molecule has 10 heterocycles. The molecule has 0 saturated heterocycles. The van der Waals surface area contributed by atoms with Gasteiger partial charge in [0.2, 0.25) is 0 Å². The molecule has 8 aromatic heterocycles. The van der Waals surface area contributed by atoms with E-state index >= 15 is 9.59 Å². The maximum Gasteiger partial charge on any atom is 0.323 e. The summed E-state index contributed by atoms with van der Waals surface area (Å²) in [6.45, 7) is 4.29. The van der Waals surface area contributed by atoms with Gasteiger partial charge in [0.25, 0.3) is 0 Å². The Hall–Kier alpha value is -15.6. The fraction of sp³-hybridized carbons (Fsp3) is 0.0714. The molecule has 634 valence electrons. The number of carbonyl (C=O) groups excluding carboxylic acids is 4. The second kappa shape index (κ2) is 41.7. The first-order chi connectivity index (χ1) is 63.9. The van der Waals surface area contributed by atoms with Crippen LogP contribution in [0.3, 0.4) is 0 Å². The first-order valence-corrected chi connectivity index (χ1v) is 43.0. The zero-order valence-corrected chi connectivity index (χ0v) is 78.5. The summed E-state index contributed by atoms with van der Waals surface area (Å²) < 4.78 is 9.62. The van der Waals surface area contributed by atoms with Crippen molar-refractivity contribution in [3.8, 4) is 0 Å². The van der Waals surface area contributed by atoms with Crippen LogP contribution in [0.2, 0.25) is 0 Å². The van der Waals surface area contributed by atoms with E-state index in [9.17, 15) is 9.59 Å². The standard InChI is InChI=1S/C90H56N10O2.2C11H15NO2.2Zn/c101-89(99-63-37-21-19-35-61(63)87-77-51-47-73(95-77)83(57-27-11-3-12-28-57)69-43-39-65(91-69)81(55-23-7-1-8-24-55)66-40-44-70(92-66)84(58-29-13-4-14-30-58)74-48-52-78(87)96-74)90(102)100-64-38-22-20-36-62(64)88-79-53-49-75(97-79)85(59-31-15-5-16-32-59)71-45-41-67(93-71)82(56-25-9-2-10-26-56)68-42-46-72(94-68)86(60-33-17-6-18-34-60)76-50-54-80(88)98-76;2*1-2-14-11(13)10(12)8-9-6-4-3-5-7-9;;/h1-54H,(H,99,101)(H,100,102);2*3-7,10H,2,8,12H2,1H3;;/t;2*10-;;/m.10../s1. The maximum atomic E-state index is 15.0. The third kappa shape index (κ3) is 19.8. The summed E-state index contributed by atoms with van der Waals surface area (Å²) in [6, 6.07) is 126. The van der Waals surface area contributed by atoms with Gasteiger partial charge in [-0.3, -0.25) is 29.8 Å². The van der Waals surface area contributed by atoms with E-state index in [-0.39, 0.29) is 50.9 Å². The number of ether oxygens (including phenoxy) is 2. The molecule has 6 N–H and O–H groups in total. The minimum absolute atomic E-state index is 0. The van der Waals surface area contributed by atoms with E-state index in [0.717, 1.165) is 126 Å². The van der Waals surface area contributed by atoms with E-state index in [1.807, 2.05) is 279 Å². The molecule has 20 rings (SSSR count). The van der Waals surface area contributed by atoms with Gasteiger partial charge in [0.1, 0.15) is 34.6 Å². The molecule has 10 aromatic carbocycles. The molecule has 0 unspecified atom stereocenters. The molecule has 2 atom stereocenters. The summed E-state index contributed by atoms with van der Waals surface area (Å²) in [5.41, 5.74) is 32.0. The number of nitrogens with zero attached hydrogens (tertiary/aromatic N) is 8. The maximum absolute atomic E-state index is 15.0. The monoisotopic (exact) mass is 1820 g/mol. The molecule has 0 saturated carbocycles. The van der Waals surface area contributed by atoms with Gasteiger partial charge in [0, 0.05) is 268 Å². The number of esters is 2. The third-order valence-corrected chi connectivity index (χ3v) is 22.5. The molecule has 0 aliphatic carbocycles. The molecule has 2 amide bonds. The number of rotatable bonds is 18. The number of para-hydroxylation sites is 2.